The third-order valence-corrected chi connectivity index (χ3v) is 2.68. The van der Waals surface area contributed by atoms with Gasteiger partial charge in [-0.3, -0.25) is 0 Å². The van der Waals surface area contributed by atoms with Crippen molar-refractivity contribution >= 4 is 11.6 Å². The SMILES string of the molecule is CCNc1ncnc(NCCCCO)c1C(C)C. The van der Waals surface area contributed by atoms with E-state index >= 15 is 0 Å². The predicted molar refractivity (Wildman–Crippen MR) is 75.1 cm³/mol. The highest BCUT2D eigenvalue weighted by Crippen LogP contribution is 2.28. The Morgan fingerprint density at radius 2 is 1.83 bits per heavy atom. The standard InChI is InChI=1S/C13H24N4O/c1-4-14-12-11(10(2)3)13(17-9-16-12)15-7-5-6-8-18/h9-10,18H,4-8H2,1-3H3,(H2,14,15,16,17). The third-order valence-electron chi connectivity index (χ3n) is 2.68. The summed E-state index contributed by atoms with van der Waals surface area (Å²) in [6, 6.07) is 0. The number of aliphatic hydroxyl groups is 1. The van der Waals surface area contributed by atoms with Crippen LogP contribution in [0.15, 0.2) is 6.33 Å². The number of aromatic nitrogens is 2. The monoisotopic (exact) mass is 252 g/mol. The zero-order valence-electron chi connectivity index (χ0n) is 11.5. The molecule has 18 heavy (non-hydrogen) atoms. The molecule has 1 aromatic rings. The number of aliphatic hydroxyl groups excluding tert-OH is 1. The Balaban J connectivity index is 2.78. The average molecular weight is 252 g/mol. The summed E-state index contributed by atoms with van der Waals surface area (Å²) in [5, 5.41) is 15.4. The normalized spacial score (nSPS) is 10.7. The lowest BCUT2D eigenvalue weighted by atomic mass is 10.0. The van der Waals surface area contributed by atoms with Gasteiger partial charge < -0.3 is 15.7 Å². The lowest BCUT2D eigenvalue weighted by Gasteiger charge is -2.17. The predicted octanol–water partition coefficient (Wildman–Crippen LogP) is 2.22. The minimum atomic E-state index is 0.241. The zero-order valence-corrected chi connectivity index (χ0v) is 11.5. The Labute approximate surface area is 109 Å². The number of hydrogen-bond acceptors (Lipinski definition) is 5. The van der Waals surface area contributed by atoms with Gasteiger partial charge in [-0.25, -0.2) is 9.97 Å². The fraction of sp³-hybridized carbons (Fsp3) is 0.692. The molecular weight excluding hydrogens is 228 g/mol. The van der Waals surface area contributed by atoms with E-state index in [9.17, 15) is 0 Å². The van der Waals surface area contributed by atoms with E-state index in [2.05, 4.69) is 41.4 Å². The molecule has 0 aliphatic heterocycles. The van der Waals surface area contributed by atoms with Crippen LogP contribution in [-0.4, -0.2) is 34.8 Å². The van der Waals surface area contributed by atoms with Crippen LogP contribution in [-0.2, 0) is 0 Å². The van der Waals surface area contributed by atoms with Gasteiger partial charge in [0.25, 0.3) is 0 Å². The molecule has 1 rings (SSSR count). The van der Waals surface area contributed by atoms with Gasteiger partial charge in [-0.2, -0.15) is 0 Å². The van der Waals surface area contributed by atoms with Crippen LogP contribution < -0.4 is 10.6 Å². The van der Waals surface area contributed by atoms with E-state index in [0.29, 0.717) is 5.92 Å². The molecule has 0 aliphatic rings. The van der Waals surface area contributed by atoms with E-state index in [1.807, 2.05) is 0 Å². The molecule has 1 heterocycles. The van der Waals surface area contributed by atoms with Gasteiger partial charge in [0.1, 0.15) is 18.0 Å². The summed E-state index contributed by atoms with van der Waals surface area (Å²) in [4.78, 5) is 8.61. The van der Waals surface area contributed by atoms with Crippen molar-refractivity contribution in [3.8, 4) is 0 Å². The first-order valence-corrected chi connectivity index (χ1v) is 6.64. The maximum atomic E-state index is 8.76. The van der Waals surface area contributed by atoms with E-state index in [-0.39, 0.29) is 6.61 Å². The largest absolute Gasteiger partial charge is 0.396 e. The number of rotatable bonds is 8. The summed E-state index contributed by atoms with van der Waals surface area (Å²) < 4.78 is 0. The summed E-state index contributed by atoms with van der Waals surface area (Å²) in [6.07, 6.45) is 3.34. The fourth-order valence-corrected chi connectivity index (χ4v) is 1.84. The number of hydrogen-bond donors (Lipinski definition) is 3. The van der Waals surface area contributed by atoms with Crippen molar-refractivity contribution in [2.45, 2.75) is 39.5 Å². The van der Waals surface area contributed by atoms with Crippen molar-refractivity contribution < 1.29 is 5.11 Å². The van der Waals surface area contributed by atoms with Gasteiger partial charge in [0.15, 0.2) is 0 Å². The molecule has 5 nitrogen and oxygen atoms in total. The first kappa shape index (κ1) is 14.7. The van der Waals surface area contributed by atoms with Crippen LogP contribution in [0.3, 0.4) is 0 Å². The molecule has 0 saturated heterocycles. The number of nitrogens with zero attached hydrogens (tertiary/aromatic N) is 2. The van der Waals surface area contributed by atoms with Gasteiger partial charge in [-0.15, -0.1) is 0 Å². The number of nitrogens with one attached hydrogen (secondary N) is 2. The van der Waals surface area contributed by atoms with Crippen molar-refractivity contribution in [3.63, 3.8) is 0 Å². The van der Waals surface area contributed by atoms with E-state index in [0.717, 1.165) is 43.1 Å². The molecule has 0 atom stereocenters. The van der Waals surface area contributed by atoms with Gasteiger partial charge in [0, 0.05) is 25.3 Å². The molecule has 0 amide bonds. The highest BCUT2D eigenvalue weighted by atomic mass is 16.2. The van der Waals surface area contributed by atoms with Crippen molar-refractivity contribution in [2.24, 2.45) is 0 Å². The minimum Gasteiger partial charge on any atom is -0.396 e. The zero-order chi connectivity index (χ0) is 13.4. The molecule has 102 valence electrons. The van der Waals surface area contributed by atoms with E-state index in [1.54, 1.807) is 6.33 Å². The van der Waals surface area contributed by atoms with Crippen LogP contribution in [0.25, 0.3) is 0 Å². The summed E-state index contributed by atoms with van der Waals surface area (Å²) in [5.74, 6) is 2.17. The molecule has 0 radical (unpaired) electrons. The lowest BCUT2D eigenvalue weighted by Crippen LogP contribution is -2.12. The van der Waals surface area contributed by atoms with Crippen molar-refractivity contribution in [2.75, 3.05) is 30.3 Å². The average Bonchev–Trinajstić information content (AvgIpc) is 2.35. The minimum absolute atomic E-state index is 0.241. The topological polar surface area (TPSA) is 70.1 Å². The Hall–Kier alpha value is -1.36. The number of unbranched alkanes of at least 4 members (excludes halogenated alkanes) is 1. The molecule has 0 spiro atoms. The highest BCUT2D eigenvalue weighted by molar-refractivity contribution is 5.58. The Morgan fingerprint density at radius 3 is 2.39 bits per heavy atom. The van der Waals surface area contributed by atoms with Crippen LogP contribution in [0.1, 0.15) is 45.1 Å². The number of anilines is 2. The quantitative estimate of drug-likeness (QED) is 0.619. The van der Waals surface area contributed by atoms with Gasteiger partial charge in [0.05, 0.1) is 0 Å². The first-order chi connectivity index (χ1) is 8.70. The lowest BCUT2D eigenvalue weighted by molar-refractivity contribution is 0.286. The molecule has 3 N–H and O–H groups in total. The van der Waals surface area contributed by atoms with Crippen molar-refractivity contribution in [1.82, 2.24) is 9.97 Å². The van der Waals surface area contributed by atoms with Crippen molar-refractivity contribution in [3.05, 3.63) is 11.9 Å². The fourth-order valence-electron chi connectivity index (χ4n) is 1.84. The molecule has 0 unspecified atom stereocenters. The molecule has 0 bridgehead atoms. The van der Waals surface area contributed by atoms with Crippen LogP contribution in [0.5, 0.6) is 0 Å². The molecule has 0 aromatic carbocycles. The van der Waals surface area contributed by atoms with Crippen LogP contribution in [0.4, 0.5) is 11.6 Å². The second-order valence-corrected chi connectivity index (χ2v) is 4.53. The molecule has 0 fully saturated rings. The summed E-state index contributed by atoms with van der Waals surface area (Å²) in [7, 11) is 0. The maximum absolute atomic E-state index is 8.76. The van der Waals surface area contributed by atoms with E-state index in [4.69, 9.17) is 5.11 Å². The van der Waals surface area contributed by atoms with Crippen molar-refractivity contribution in [1.29, 1.82) is 0 Å². The second-order valence-electron chi connectivity index (χ2n) is 4.53. The highest BCUT2D eigenvalue weighted by Gasteiger charge is 2.13. The van der Waals surface area contributed by atoms with Gasteiger partial charge in [-0.1, -0.05) is 13.8 Å². The summed E-state index contributed by atoms with van der Waals surface area (Å²) >= 11 is 0. The van der Waals surface area contributed by atoms with Gasteiger partial charge in [-0.05, 0) is 25.7 Å². The molecular formula is C13H24N4O. The second kappa shape index (κ2) is 7.87. The molecule has 1 aromatic heterocycles. The summed E-state index contributed by atoms with van der Waals surface area (Å²) in [5.41, 5.74) is 1.13. The Morgan fingerprint density at radius 1 is 1.17 bits per heavy atom. The molecule has 0 saturated carbocycles. The molecule has 0 aliphatic carbocycles. The Kier molecular flexibility index (Phi) is 6.43. The van der Waals surface area contributed by atoms with Crippen LogP contribution in [0, 0.1) is 0 Å². The first-order valence-electron chi connectivity index (χ1n) is 6.64. The van der Waals surface area contributed by atoms with E-state index in [1.165, 1.54) is 0 Å². The van der Waals surface area contributed by atoms with Gasteiger partial charge in [0.2, 0.25) is 0 Å². The van der Waals surface area contributed by atoms with E-state index < -0.39 is 0 Å². The third kappa shape index (κ3) is 4.14. The maximum Gasteiger partial charge on any atom is 0.134 e. The smallest absolute Gasteiger partial charge is 0.134 e. The molecule has 5 heteroatoms. The van der Waals surface area contributed by atoms with Crippen LogP contribution >= 0.6 is 0 Å². The van der Waals surface area contributed by atoms with Gasteiger partial charge >= 0.3 is 0 Å². The Bertz CT molecular complexity index is 355. The van der Waals surface area contributed by atoms with Crippen LogP contribution in [0.2, 0.25) is 0 Å². The summed E-state index contributed by atoms with van der Waals surface area (Å²) in [6.45, 7) is 8.24.